The topological polar surface area (TPSA) is 58.1 Å². The van der Waals surface area contributed by atoms with E-state index < -0.39 is 0 Å². The molecule has 1 fully saturated rings. The van der Waals surface area contributed by atoms with Gasteiger partial charge in [-0.15, -0.1) is 0 Å². The van der Waals surface area contributed by atoms with Crippen molar-refractivity contribution in [2.75, 3.05) is 19.4 Å². The molecule has 1 heterocycles. The highest BCUT2D eigenvalue weighted by molar-refractivity contribution is 9.10. The van der Waals surface area contributed by atoms with E-state index in [0.29, 0.717) is 30.0 Å². The van der Waals surface area contributed by atoms with E-state index in [2.05, 4.69) is 83.3 Å². The van der Waals surface area contributed by atoms with Gasteiger partial charge in [0, 0.05) is 30.8 Å². The summed E-state index contributed by atoms with van der Waals surface area (Å²) < 4.78 is 0.913. The highest BCUT2D eigenvalue weighted by atomic mass is 79.9. The molecule has 0 radical (unpaired) electrons. The van der Waals surface area contributed by atoms with Crippen molar-refractivity contribution < 1.29 is 4.79 Å². The maximum absolute atomic E-state index is 12.7. The number of Topliss-reactive ketones (excluding diaryl/α,β-unsaturated/α-hetero) is 1. The Hall–Kier alpha value is -1.79. The second-order valence-corrected chi connectivity index (χ2v) is 9.97. The molecule has 6 heteroatoms. The first kappa shape index (κ1) is 22.9. The van der Waals surface area contributed by atoms with Crippen LogP contribution in [0.15, 0.2) is 34.9 Å². The molecule has 0 bridgehead atoms. The third-order valence-corrected chi connectivity index (χ3v) is 6.33. The fourth-order valence-electron chi connectivity index (χ4n) is 4.30. The molecule has 0 unspecified atom stereocenters. The van der Waals surface area contributed by atoms with E-state index >= 15 is 0 Å². The van der Waals surface area contributed by atoms with Gasteiger partial charge >= 0.3 is 0 Å². The number of carbonyl (C=O) groups is 1. The number of ketones is 1. The quantitative estimate of drug-likeness (QED) is 0.513. The molecule has 3 rings (SSSR count). The monoisotopic (exact) mass is 472 g/mol. The molecule has 5 nitrogen and oxygen atoms in total. The molecule has 1 aliphatic carbocycles. The maximum atomic E-state index is 12.7. The van der Waals surface area contributed by atoms with Gasteiger partial charge in [0.25, 0.3) is 0 Å². The number of anilines is 2. The zero-order valence-corrected chi connectivity index (χ0v) is 20.1. The molecule has 30 heavy (non-hydrogen) atoms. The molecule has 1 saturated carbocycles. The van der Waals surface area contributed by atoms with Crippen molar-refractivity contribution in [3.63, 3.8) is 0 Å². The Morgan fingerprint density at radius 2 is 1.97 bits per heavy atom. The summed E-state index contributed by atoms with van der Waals surface area (Å²) in [6, 6.07) is 8.35. The van der Waals surface area contributed by atoms with E-state index in [0.717, 1.165) is 48.1 Å². The van der Waals surface area contributed by atoms with Gasteiger partial charge in [0.05, 0.1) is 10.2 Å². The summed E-state index contributed by atoms with van der Waals surface area (Å²) in [6.07, 6.45) is 6.55. The molecule has 0 aliphatic heterocycles. The van der Waals surface area contributed by atoms with Crippen LogP contribution in [0.3, 0.4) is 0 Å². The summed E-state index contributed by atoms with van der Waals surface area (Å²) >= 11 is 3.61. The zero-order chi connectivity index (χ0) is 21.7. The van der Waals surface area contributed by atoms with E-state index in [1.807, 2.05) is 6.20 Å². The van der Waals surface area contributed by atoms with Gasteiger partial charge in [-0.2, -0.15) is 0 Å². The fourth-order valence-corrected chi connectivity index (χ4v) is 4.65. The number of halogens is 1. The Morgan fingerprint density at radius 1 is 1.23 bits per heavy atom. The third kappa shape index (κ3) is 6.35. The van der Waals surface area contributed by atoms with E-state index in [4.69, 9.17) is 4.98 Å². The molecule has 0 amide bonds. The van der Waals surface area contributed by atoms with Crippen LogP contribution in [0, 0.1) is 17.8 Å². The van der Waals surface area contributed by atoms with Gasteiger partial charge in [0.1, 0.15) is 5.78 Å². The van der Waals surface area contributed by atoms with Gasteiger partial charge in [0.2, 0.25) is 5.95 Å². The normalized spacial score (nSPS) is 18.9. The number of hydrogen-bond donors (Lipinski definition) is 1. The first-order valence-corrected chi connectivity index (χ1v) is 11.7. The molecule has 2 aromatic rings. The van der Waals surface area contributed by atoms with E-state index in [-0.39, 0.29) is 5.92 Å². The Morgan fingerprint density at radius 3 is 2.63 bits per heavy atom. The van der Waals surface area contributed by atoms with Crippen LogP contribution in [-0.2, 0) is 17.8 Å². The van der Waals surface area contributed by atoms with Crippen molar-refractivity contribution in [2.24, 2.45) is 17.8 Å². The van der Waals surface area contributed by atoms with Crippen LogP contribution in [0.4, 0.5) is 11.6 Å². The summed E-state index contributed by atoms with van der Waals surface area (Å²) in [7, 11) is 4.13. The average molecular weight is 473 g/mol. The zero-order valence-electron chi connectivity index (χ0n) is 18.5. The molecule has 1 aliphatic rings. The summed E-state index contributed by atoms with van der Waals surface area (Å²) in [6.45, 7) is 5.15. The first-order valence-electron chi connectivity index (χ1n) is 10.9. The smallest absolute Gasteiger partial charge is 0.227 e. The van der Waals surface area contributed by atoms with Crippen LogP contribution >= 0.6 is 15.9 Å². The van der Waals surface area contributed by atoms with Gasteiger partial charge < -0.3 is 10.2 Å². The van der Waals surface area contributed by atoms with Crippen LogP contribution in [0.25, 0.3) is 0 Å². The Bertz CT molecular complexity index is 851. The lowest BCUT2D eigenvalue weighted by Gasteiger charge is -2.20. The van der Waals surface area contributed by atoms with Crippen molar-refractivity contribution in [3.8, 4) is 0 Å². The molecule has 1 N–H and O–H groups in total. The highest BCUT2D eigenvalue weighted by Gasteiger charge is 2.33. The second kappa shape index (κ2) is 10.5. The minimum absolute atomic E-state index is 0.176. The van der Waals surface area contributed by atoms with Crippen molar-refractivity contribution in [1.82, 2.24) is 14.9 Å². The van der Waals surface area contributed by atoms with Crippen LogP contribution in [0.5, 0.6) is 0 Å². The van der Waals surface area contributed by atoms with Gasteiger partial charge in [-0.1, -0.05) is 32.4 Å². The van der Waals surface area contributed by atoms with Crippen molar-refractivity contribution in [2.45, 2.75) is 52.5 Å². The number of benzene rings is 1. The number of nitrogens with zero attached hydrogens (tertiary/aromatic N) is 3. The van der Waals surface area contributed by atoms with Gasteiger partial charge in [-0.25, -0.2) is 9.97 Å². The molecule has 2 atom stereocenters. The van der Waals surface area contributed by atoms with Gasteiger partial charge in [-0.3, -0.25) is 4.79 Å². The summed E-state index contributed by atoms with van der Waals surface area (Å²) in [4.78, 5) is 24.0. The molecular weight excluding hydrogens is 440 g/mol. The highest BCUT2D eigenvalue weighted by Crippen LogP contribution is 2.37. The number of rotatable bonds is 9. The molecule has 0 saturated heterocycles. The van der Waals surface area contributed by atoms with E-state index in [9.17, 15) is 4.79 Å². The van der Waals surface area contributed by atoms with E-state index in [1.54, 1.807) is 0 Å². The van der Waals surface area contributed by atoms with Crippen LogP contribution in [0.1, 0.15) is 50.8 Å². The predicted octanol–water partition coefficient (Wildman–Crippen LogP) is 5.62. The molecule has 1 aromatic heterocycles. The molecule has 0 spiro atoms. The summed E-state index contributed by atoms with van der Waals surface area (Å²) in [5.74, 6) is 1.99. The summed E-state index contributed by atoms with van der Waals surface area (Å²) in [5.41, 5.74) is 3.21. The lowest BCUT2D eigenvalue weighted by molar-refractivity contribution is -0.124. The lowest BCUT2D eigenvalue weighted by Crippen LogP contribution is -2.22. The predicted molar refractivity (Wildman–Crippen MR) is 126 cm³/mol. The van der Waals surface area contributed by atoms with Crippen LogP contribution < -0.4 is 5.32 Å². The lowest BCUT2D eigenvalue weighted by atomic mass is 9.85. The fraction of sp³-hybridized carbons (Fsp3) is 0.542. The Labute approximate surface area is 188 Å². The standard InChI is InChI=1S/C24H33BrN4O/c1-16(2)12-23(30)20-7-5-6-18(20)13-22-21(25)14-26-24(28-22)27-19-10-8-17(9-11-19)15-29(3)4/h8-11,14,16,18,20H,5-7,12-13,15H2,1-4H3,(H,26,27,28)/t18-,20-/m0/s1. The van der Waals surface area contributed by atoms with Crippen LogP contribution in [-0.4, -0.2) is 34.7 Å². The average Bonchev–Trinajstić information content (AvgIpc) is 3.13. The van der Waals surface area contributed by atoms with Crippen molar-refractivity contribution in [3.05, 3.63) is 46.2 Å². The third-order valence-electron chi connectivity index (χ3n) is 5.66. The molecule has 1 aromatic carbocycles. The maximum Gasteiger partial charge on any atom is 0.227 e. The van der Waals surface area contributed by atoms with Crippen LogP contribution in [0.2, 0.25) is 0 Å². The van der Waals surface area contributed by atoms with Gasteiger partial charge in [0.15, 0.2) is 0 Å². The second-order valence-electron chi connectivity index (χ2n) is 9.11. The number of nitrogens with one attached hydrogen (secondary N) is 1. The minimum atomic E-state index is 0.176. The first-order chi connectivity index (χ1) is 14.3. The SMILES string of the molecule is CC(C)CC(=O)[C@H]1CCC[C@H]1Cc1nc(Nc2ccc(CN(C)C)cc2)ncc1Br. The Kier molecular flexibility index (Phi) is 8.00. The van der Waals surface area contributed by atoms with E-state index in [1.165, 1.54) is 5.56 Å². The largest absolute Gasteiger partial charge is 0.324 e. The molecular formula is C24H33BrN4O. The van der Waals surface area contributed by atoms with Crippen molar-refractivity contribution >= 4 is 33.3 Å². The minimum Gasteiger partial charge on any atom is -0.324 e. The summed E-state index contributed by atoms with van der Waals surface area (Å²) in [5, 5.41) is 3.31. The number of aromatic nitrogens is 2. The Balaban J connectivity index is 1.68. The number of carbonyl (C=O) groups excluding carboxylic acids is 1. The van der Waals surface area contributed by atoms with Gasteiger partial charge in [-0.05, 0) is 78.8 Å². The molecule has 162 valence electrons. The van der Waals surface area contributed by atoms with Crippen molar-refractivity contribution in [1.29, 1.82) is 0 Å². The number of hydrogen-bond acceptors (Lipinski definition) is 5.